The fourth-order valence-electron chi connectivity index (χ4n) is 2.72. The molecule has 0 amide bonds. The topological polar surface area (TPSA) is 26.7 Å². The van der Waals surface area contributed by atoms with Crippen LogP contribution in [0.25, 0.3) is 0 Å². The minimum atomic E-state index is 0.256. The molecule has 0 bridgehead atoms. The van der Waals surface area contributed by atoms with E-state index in [1.807, 2.05) is 0 Å². The van der Waals surface area contributed by atoms with Gasteiger partial charge in [0.2, 0.25) is 0 Å². The van der Waals surface area contributed by atoms with Gasteiger partial charge in [-0.3, -0.25) is 9.80 Å². The Labute approximate surface area is 110 Å². The molecular weight excluding hydrogens is 224 g/mol. The lowest BCUT2D eigenvalue weighted by Gasteiger charge is -2.37. The highest BCUT2D eigenvalue weighted by atomic mass is 16.3. The number of nitrogens with zero attached hydrogens (tertiary/aromatic N) is 2. The Morgan fingerprint density at radius 3 is 2.83 bits per heavy atom. The third-order valence-electron chi connectivity index (χ3n) is 3.81. The van der Waals surface area contributed by atoms with Crippen LogP contribution >= 0.6 is 0 Å². The van der Waals surface area contributed by atoms with E-state index in [0.717, 1.165) is 19.6 Å². The Kier molecular flexibility index (Phi) is 5.17. The van der Waals surface area contributed by atoms with Crippen molar-refractivity contribution in [2.24, 2.45) is 0 Å². The number of piperidine rings is 1. The molecule has 1 aliphatic heterocycles. The van der Waals surface area contributed by atoms with Crippen molar-refractivity contribution in [2.75, 3.05) is 33.3 Å². The average molecular weight is 248 g/mol. The maximum absolute atomic E-state index is 9.01. The minimum absolute atomic E-state index is 0.256. The van der Waals surface area contributed by atoms with Crippen LogP contribution in [0, 0.1) is 0 Å². The van der Waals surface area contributed by atoms with Gasteiger partial charge in [-0.15, -0.1) is 0 Å². The minimum Gasteiger partial charge on any atom is -0.395 e. The summed E-state index contributed by atoms with van der Waals surface area (Å²) in [6.07, 6.45) is 2.51. The van der Waals surface area contributed by atoms with Crippen molar-refractivity contribution in [3.63, 3.8) is 0 Å². The van der Waals surface area contributed by atoms with E-state index in [1.54, 1.807) is 0 Å². The summed E-state index contributed by atoms with van der Waals surface area (Å²) in [5.74, 6) is 0. The molecule has 1 saturated heterocycles. The average Bonchev–Trinajstić information content (AvgIpc) is 2.40. The highest BCUT2D eigenvalue weighted by Gasteiger charge is 2.22. The number of hydrogen-bond donors (Lipinski definition) is 1. The van der Waals surface area contributed by atoms with Gasteiger partial charge in [-0.05, 0) is 32.0 Å². The van der Waals surface area contributed by atoms with Crippen LogP contribution < -0.4 is 0 Å². The van der Waals surface area contributed by atoms with Gasteiger partial charge in [-0.1, -0.05) is 30.3 Å². The monoisotopic (exact) mass is 248 g/mol. The molecule has 3 nitrogen and oxygen atoms in total. The van der Waals surface area contributed by atoms with E-state index < -0.39 is 0 Å². The molecule has 18 heavy (non-hydrogen) atoms. The summed E-state index contributed by atoms with van der Waals surface area (Å²) in [5.41, 5.74) is 1.39. The van der Waals surface area contributed by atoms with E-state index in [2.05, 4.69) is 47.2 Å². The van der Waals surface area contributed by atoms with Gasteiger partial charge in [0, 0.05) is 25.7 Å². The largest absolute Gasteiger partial charge is 0.395 e. The second-order valence-corrected chi connectivity index (χ2v) is 5.22. The molecule has 1 aromatic rings. The number of hydrogen-bond acceptors (Lipinski definition) is 3. The molecule has 100 valence electrons. The maximum atomic E-state index is 9.01. The second kappa shape index (κ2) is 6.88. The normalized spacial score (nSPS) is 21.4. The predicted octanol–water partition coefficient (Wildman–Crippen LogP) is 1.58. The van der Waals surface area contributed by atoms with Crippen LogP contribution in [0.1, 0.15) is 18.4 Å². The van der Waals surface area contributed by atoms with Gasteiger partial charge in [-0.2, -0.15) is 0 Å². The molecule has 1 heterocycles. The van der Waals surface area contributed by atoms with Gasteiger partial charge in [0.05, 0.1) is 6.61 Å². The third kappa shape index (κ3) is 3.80. The maximum Gasteiger partial charge on any atom is 0.0558 e. The summed E-state index contributed by atoms with van der Waals surface area (Å²) in [6, 6.07) is 11.3. The molecule has 1 aromatic carbocycles. The molecule has 1 N–H and O–H groups in total. The van der Waals surface area contributed by atoms with E-state index in [1.165, 1.54) is 24.9 Å². The van der Waals surface area contributed by atoms with Crippen LogP contribution in [0.2, 0.25) is 0 Å². The SMILES string of the molecule is CN(CCO)[C@@H]1CCCN(Cc2ccccc2)C1. The fourth-order valence-corrected chi connectivity index (χ4v) is 2.72. The van der Waals surface area contributed by atoms with Crippen LogP contribution in [-0.4, -0.2) is 54.2 Å². The predicted molar refractivity (Wildman–Crippen MR) is 74.5 cm³/mol. The fraction of sp³-hybridized carbons (Fsp3) is 0.600. The van der Waals surface area contributed by atoms with E-state index >= 15 is 0 Å². The number of aliphatic hydroxyl groups excluding tert-OH is 1. The summed E-state index contributed by atoms with van der Waals surface area (Å²) in [4.78, 5) is 4.81. The summed E-state index contributed by atoms with van der Waals surface area (Å²) in [5, 5.41) is 9.01. The molecule has 1 fully saturated rings. The molecule has 1 aliphatic rings. The van der Waals surface area contributed by atoms with Gasteiger partial charge < -0.3 is 5.11 Å². The van der Waals surface area contributed by atoms with Crippen molar-refractivity contribution in [1.29, 1.82) is 0 Å². The Bertz CT molecular complexity index is 342. The Morgan fingerprint density at radius 1 is 1.33 bits per heavy atom. The van der Waals surface area contributed by atoms with Gasteiger partial charge >= 0.3 is 0 Å². The summed E-state index contributed by atoms with van der Waals surface area (Å²) < 4.78 is 0. The van der Waals surface area contributed by atoms with Gasteiger partial charge in [0.25, 0.3) is 0 Å². The Hall–Kier alpha value is -0.900. The second-order valence-electron chi connectivity index (χ2n) is 5.22. The standard InChI is InChI=1S/C15H24N2O/c1-16(10-11-18)15-8-5-9-17(13-15)12-14-6-3-2-4-7-14/h2-4,6-7,15,18H,5,8-13H2,1H3/t15-/m1/s1. The first-order valence-electron chi connectivity index (χ1n) is 6.87. The first-order valence-corrected chi connectivity index (χ1v) is 6.87. The molecule has 0 radical (unpaired) electrons. The number of likely N-dealkylation sites (tertiary alicyclic amines) is 1. The summed E-state index contributed by atoms with van der Waals surface area (Å²) in [7, 11) is 2.12. The van der Waals surface area contributed by atoms with Crippen molar-refractivity contribution in [3.8, 4) is 0 Å². The van der Waals surface area contributed by atoms with E-state index in [0.29, 0.717) is 6.04 Å². The lowest BCUT2D eigenvalue weighted by Crippen LogP contribution is -2.46. The smallest absolute Gasteiger partial charge is 0.0558 e. The van der Waals surface area contributed by atoms with Crippen LogP contribution in [0.3, 0.4) is 0 Å². The first kappa shape index (κ1) is 13.5. The van der Waals surface area contributed by atoms with E-state index in [4.69, 9.17) is 5.11 Å². The van der Waals surface area contributed by atoms with Gasteiger partial charge in [0.1, 0.15) is 0 Å². The Morgan fingerprint density at radius 2 is 2.11 bits per heavy atom. The van der Waals surface area contributed by atoms with E-state index in [-0.39, 0.29) is 6.61 Å². The molecular formula is C15H24N2O. The summed E-state index contributed by atoms with van der Waals surface area (Å²) in [6.45, 7) is 4.39. The lowest BCUT2D eigenvalue weighted by atomic mass is 10.0. The number of likely N-dealkylation sites (N-methyl/N-ethyl adjacent to an activating group) is 1. The zero-order valence-electron chi connectivity index (χ0n) is 11.3. The molecule has 0 aromatic heterocycles. The molecule has 1 atom stereocenters. The third-order valence-corrected chi connectivity index (χ3v) is 3.81. The highest BCUT2D eigenvalue weighted by molar-refractivity contribution is 5.14. The van der Waals surface area contributed by atoms with Crippen molar-refractivity contribution < 1.29 is 5.11 Å². The Balaban J connectivity index is 1.87. The van der Waals surface area contributed by atoms with Crippen LogP contribution in [0.15, 0.2) is 30.3 Å². The lowest BCUT2D eigenvalue weighted by molar-refractivity contribution is 0.0970. The van der Waals surface area contributed by atoms with Crippen LogP contribution in [-0.2, 0) is 6.54 Å². The molecule has 0 spiro atoms. The quantitative estimate of drug-likeness (QED) is 0.857. The number of aliphatic hydroxyl groups is 1. The van der Waals surface area contributed by atoms with Gasteiger partial charge in [-0.25, -0.2) is 0 Å². The number of benzene rings is 1. The zero-order valence-corrected chi connectivity index (χ0v) is 11.3. The van der Waals surface area contributed by atoms with E-state index in [9.17, 15) is 0 Å². The van der Waals surface area contributed by atoms with Crippen LogP contribution in [0.5, 0.6) is 0 Å². The molecule has 0 unspecified atom stereocenters. The summed E-state index contributed by atoms with van der Waals surface area (Å²) >= 11 is 0. The molecule has 2 rings (SSSR count). The van der Waals surface area contributed by atoms with Crippen molar-refractivity contribution in [3.05, 3.63) is 35.9 Å². The highest BCUT2D eigenvalue weighted by Crippen LogP contribution is 2.16. The first-order chi connectivity index (χ1) is 8.79. The molecule has 3 heteroatoms. The number of rotatable bonds is 5. The van der Waals surface area contributed by atoms with Crippen molar-refractivity contribution >= 4 is 0 Å². The van der Waals surface area contributed by atoms with Crippen LogP contribution in [0.4, 0.5) is 0 Å². The van der Waals surface area contributed by atoms with Crippen molar-refractivity contribution in [2.45, 2.75) is 25.4 Å². The van der Waals surface area contributed by atoms with Gasteiger partial charge in [0.15, 0.2) is 0 Å². The van der Waals surface area contributed by atoms with Crippen molar-refractivity contribution in [1.82, 2.24) is 9.80 Å². The molecule has 0 saturated carbocycles. The molecule has 0 aliphatic carbocycles. The zero-order chi connectivity index (χ0) is 12.8.